The Morgan fingerprint density at radius 2 is 1.77 bits per heavy atom. The summed E-state index contributed by atoms with van der Waals surface area (Å²) in [5, 5.41) is 0.283. The van der Waals surface area contributed by atoms with Crippen LogP contribution in [0.1, 0.15) is 53.6 Å². The summed E-state index contributed by atoms with van der Waals surface area (Å²) in [6.45, 7) is 0.764. The number of halogens is 1. The maximum atomic E-state index is 13.3. The van der Waals surface area contributed by atoms with Crippen LogP contribution in [0.5, 0.6) is 0 Å². The summed E-state index contributed by atoms with van der Waals surface area (Å²) in [6, 6.07) is 12.6. The molecular formula is C23H27ClN2O3S. The minimum absolute atomic E-state index is 0.117. The second kappa shape index (κ2) is 8.69. The number of fused-ring (bicyclic) bond motifs is 1. The van der Waals surface area contributed by atoms with E-state index in [-0.39, 0.29) is 27.4 Å². The molecule has 1 aliphatic carbocycles. The minimum Gasteiger partial charge on any atom is -0.339 e. The standard InChI is InChI=1S/C23H27ClN2O3S/c1-25(19-9-3-2-4-10-19)23(27)21-15-20(11-12-22(21)24)30(28,29)26-14-13-17-7-5-6-8-18(17)16-26/h5-8,11-12,15,19H,2-4,9-10,13-14,16H2,1H3. The van der Waals surface area contributed by atoms with Gasteiger partial charge >= 0.3 is 0 Å². The number of hydrogen-bond donors (Lipinski definition) is 0. The number of sulfonamides is 1. The molecule has 0 saturated heterocycles. The molecule has 0 radical (unpaired) electrons. The predicted octanol–water partition coefficient (Wildman–Crippen LogP) is 4.49. The van der Waals surface area contributed by atoms with Crippen LogP contribution in [0.3, 0.4) is 0 Å². The zero-order valence-corrected chi connectivity index (χ0v) is 18.8. The summed E-state index contributed by atoms with van der Waals surface area (Å²) in [6.07, 6.45) is 6.06. The summed E-state index contributed by atoms with van der Waals surface area (Å²) in [5.74, 6) is -0.215. The van der Waals surface area contributed by atoms with Crippen LogP contribution in [-0.2, 0) is 23.0 Å². The van der Waals surface area contributed by atoms with Gasteiger partial charge in [0.05, 0.1) is 15.5 Å². The van der Waals surface area contributed by atoms with Crippen molar-refractivity contribution < 1.29 is 13.2 Å². The Labute approximate surface area is 183 Å². The van der Waals surface area contributed by atoms with Crippen molar-refractivity contribution in [2.45, 2.75) is 56.0 Å². The topological polar surface area (TPSA) is 57.7 Å². The van der Waals surface area contributed by atoms with Crippen molar-refractivity contribution in [1.82, 2.24) is 9.21 Å². The molecule has 1 aliphatic heterocycles. The average Bonchev–Trinajstić information content (AvgIpc) is 2.78. The molecule has 160 valence electrons. The maximum absolute atomic E-state index is 13.3. The van der Waals surface area contributed by atoms with Gasteiger partial charge < -0.3 is 4.90 Å². The van der Waals surface area contributed by atoms with Crippen molar-refractivity contribution in [2.75, 3.05) is 13.6 Å². The van der Waals surface area contributed by atoms with Gasteiger partial charge in [0, 0.05) is 26.2 Å². The van der Waals surface area contributed by atoms with Crippen molar-refractivity contribution in [1.29, 1.82) is 0 Å². The highest BCUT2D eigenvalue weighted by molar-refractivity contribution is 7.89. The lowest BCUT2D eigenvalue weighted by Crippen LogP contribution is -2.38. The Hall–Kier alpha value is -1.89. The van der Waals surface area contributed by atoms with Crippen molar-refractivity contribution in [2.24, 2.45) is 0 Å². The van der Waals surface area contributed by atoms with E-state index < -0.39 is 10.0 Å². The first kappa shape index (κ1) is 21.3. The van der Waals surface area contributed by atoms with Crippen LogP contribution in [0.25, 0.3) is 0 Å². The molecule has 1 heterocycles. The zero-order valence-electron chi connectivity index (χ0n) is 17.2. The normalized spacial score (nSPS) is 18.1. The molecule has 0 unspecified atom stereocenters. The molecule has 0 atom stereocenters. The van der Waals surface area contributed by atoms with E-state index in [1.165, 1.54) is 34.5 Å². The molecule has 2 aliphatic rings. The van der Waals surface area contributed by atoms with Crippen LogP contribution in [0.2, 0.25) is 5.02 Å². The molecule has 2 aromatic rings. The number of carbonyl (C=O) groups excluding carboxylic acids is 1. The first-order valence-corrected chi connectivity index (χ1v) is 12.3. The first-order valence-electron chi connectivity index (χ1n) is 10.5. The lowest BCUT2D eigenvalue weighted by Gasteiger charge is -2.31. The SMILES string of the molecule is CN(C(=O)c1cc(S(=O)(=O)N2CCc3ccccc3C2)ccc1Cl)C1CCCCC1. The molecule has 0 N–H and O–H groups in total. The third-order valence-electron chi connectivity index (χ3n) is 6.34. The van der Waals surface area contributed by atoms with Gasteiger partial charge in [0.1, 0.15) is 0 Å². The zero-order chi connectivity index (χ0) is 21.3. The molecule has 1 saturated carbocycles. The highest BCUT2D eigenvalue weighted by Gasteiger charge is 2.30. The number of benzene rings is 2. The van der Waals surface area contributed by atoms with E-state index in [2.05, 4.69) is 0 Å². The van der Waals surface area contributed by atoms with E-state index in [1.54, 1.807) is 11.9 Å². The molecule has 1 amide bonds. The van der Waals surface area contributed by atoms with Crippen LogP contribution in [-0.4, -0.2) is 43.2 Å². The summed E-state index contributed by atoms with van der Waals surface area (Å²) in [7, 11) is -1.94. The van der Waals surface area contributed by atoms with Crippen molar-refractivity contribution in [3.8, 4) is 0 Å². The molecule has 1 fully saturated rings. The van der Waals surface area contributed by atoms with Gasteiger partial charge in [0.25, 0.3) is 5.91 Å². The van der Waals surface area contributed by atoms with E-state index in [0.717, 1.165) is 31.2 Å². The van der Waals surface area contributed by atoms with Crippen molar-refractivity contribution in [3.63, 3.8) is 0 Å². The van der Waals surface area contributed by atoms with Gasteiger partial charge in [0.15, 0.2) is 0 Å². The first-order chi connectivity index (χ1) is 14.4. The Kier molecular flexibility index (Phi) is 6.19. The number of nitrogens with zero attached hydrogens (tertiary/aromatic N) is 2. The van der Waals surface area contributed by atoms with Crippen LogP contribution >= 0.6 is 11.6 Å². The Morgan fingerprint density at radius 3 is 2.50 bits per heavy atom. The monoisotopic (exact) mass is 446 g/mol. The Balaban J connectivity index is 1.60. The van der Waals surface area contributed by atoms with Crippen LogP contribution < -0.4 is 0 Å². The van der Waals surface area contributed by atoms with Gasteiger partial charge in [-0.15, -0.1) is 0 Å². The summed E-state index contributed by atoms with van der Waals surface area (Å²) >= 11 is 6.32. The number of rotatable bonds is 4. The highest BCUT2D eigenvalue weighted by atomic mass is 35.5. The van der Waals surface area contributed by atoms with E-state index >= 15 is 0 Å². The van der Waals surface area contributed by atoms with Gasteiger partial charge in [-0.2, -0.15) is 4.31 Å². The molecule has 4 rings (SSSR count). The van der Waals surface area contributed by atoms with E-state index in [9.17, 15) is 13.2 Å². The second-order valence-corrected chi connectivity index (χ2v) is 10.6. The predicted molar refractivity (Wildman–Crippen MR) is 118 cm³/mol. The highest BCUT2D eigenvalue weighted by Crippen LogP contribution is 2.29. The lowest BCUT2D eigenvalue weighted by atomic mass is 9.94. The summed E-state index contributed by atoms with van der Waals surface area (Å²) < 4.78 is 28.1. The fourth-order valence-corrected chi connectivity index (χ4v) is 6.12. The smallest absolute Gasteiger partial charge is 0.255 e. The molecule has 2 aromatic carbocycles. The van der Waals surface area contributed by atoms with Crippen LogP contribution in [0, 0.1) is 0 Å². The minimum atomic E-state index is -3.72. The molecule has 0 bridgehead atoms. The number of carbonyl (C=O) groups is 1. The van der Waals surface area contributed by atoms with Crippen LogP contribution in [0.4, 0.5) is 0 Å². The largest absolute Gasteiger partial charge is 0.339 e. The van der Waals surface area contributed by atoms with E-state index in [1.807, 2.05) is 24.3 Å². The van der Waals surface area contributed by atoms with Crippen LogP contribution in [0.15, 0.2) is 47.4 Å². The average molecular weight is 447 g/mol. The van der Waals surface area contributed by atoms with E-state index in [0.29, 0.717) is 19.5 Å². The Morgan fingerprint density at radius 1 is 1.07 bits per heavy atom. The quantitative estimate of drug-likeness (QED) is 0.695. The van der Waals surface area contributed by atoms with Gasteiger partial charge in [-0.1, -0.05) is 55.1 Å². The van der Waals surface area contributed by atoms with Gasteiger partial charge in [0.2, 0.25) is 10.0 Å². The van der Waals surface area contributed by atoms with E-state index in [4.69, 9.17) is 11.6 Å². The van der Waals surface area contributed by atoms with Crippen molar-refractivity contribution >= 4 is 27.5 Å². The van der Waals surface area contributed by atoms with Gasteiger partial charge in [-0.25, -0.2) is 8.42 Å². The van der Waals surface area contributed by atoms with Gasteiger partial charge in [-0.05, 0) is 48.6 Å². The molecule has 5 nitrogen and oxygen atoms in total. The molecule has 30 heavy (non-hydrogen) atoms. The Bertz CT molecular complexity index is 1050. The summed E-state index contributed by atoms with van der Waals surface area (Å²) in [5.41, 5.74) is 2.46. The fraction of sp³-hybridized carbons (Fsp3) is 0.435. The third kappa shape index (κ3) is 4.13. The fourth-order valence-electron chi connectivity index (χ4n) is 4.48. The molecule has 0 spiro atoms. The van der Waals surface area contributed by atoms with Crippen molar-refractivity contribution in [3.05, 3.63) is 64.2 Å². The lowest BCUT2D eigenvalue weighted by molar-refractivity contribution is 0.0696. The second-order valence-electron chi connectivity index (χ2n) is 8.21. The van der Waals surface area contributed by atoms with Gasteiger partial charge in [-0.3, -0.25) is 4.79 Å². The maximum Gasteiger partial charge on any atom is 0.255 e. The number of amides is 1. The summed E-state index contributed by atoms with van der Waals surface area (Å²) in [4.78, 5) is 15.0. The third-order valence-corrected chi connectivity index (χ3v) is 8.52. The molecule has 7 heteroatoms. The number of hydrogen-bond acceptors (Lipinski definition) is 3. The molecule has 0 aromatic heterocycles. The molecular weight excluding hydrogens is 420 g/mol.